The summed E-state index contributed by atoms with van der Waals surface area (Å²) in [5.41, 5.74) is 0.161. The van der Waals surface area contributed by atoms with Crippen LogP contribution in [0, 0.1) is 0 Å². The normalized spacial score (nSPS) is 32.5. The fraction of sp³-hybridized carbons (Fsp3) is 0.333. The highest BCUT2D eigenvalue weighted by molar-refractivity contribution is 7.86. The van der Waals surface area contributed by atoms with E-state index in [-0.39, 0.29) is 10.5 Å². The highest BCUT2D eigenvalue weighted by Crippen LogP contribution is 2.48. The van der Waals surface area contributed by atoms with Crippen LogP contribution in [0.3, 0.4) is 0 Å². The number of hydrogen-bond acceptors (Lipinski definition) is 2. The predicted molar refractivity (Wildman–Crippen MR) is 99.5 cm³/mol. The number of rotatable bonds is 1. The Kier molecular flexibility index (Phi) is 3.13. The van der Waals surface area contributed by atoms with Crippen molar-refractivity contribution >= 4 is 32.3 Å². The smallest absolute Gasteiger partial charge is 0.0925 e. The highest BCUT2D eigenvalue weighted by Gasteiger charge is 2.48. The third kappa shape index (κ3) is 2.01. The average molecular weight is 336 g/mol. The van der Waals surface area contributed by atoms with Crippen molar-refractivity contribution in [1.82, 2.24) is 0 Å². The summed E-state index contributed by atoms with van der Waals surface area (Å²) < 4.78 is 12.4. The van der Waals surface area contributed by atoms with Gasteiger partial charge in [0.2, 0.25) is 0 Å². The second-order valence-corrected chi connectivity index (χ2v) is 9.27. The molecule has 0 saturated carbocycles. The third-order valence-electron chi connectivity index (χ3n) is 5.87. The van der Waals surface area contributed by atoms with E-state index >= 15 is 0 Å². The van der Waals surface area contributed by atoms with Gasteiger partial charge in [-0.1, -0.05) is 48.5 Å². The minimum Gasteiger partial charge on any atom is -0.385 e. The molecule has 3 aromatic rings. The quantitative estimate of drug-likeness (QED) is 0.674. The molecule has 2 bridgehead atoms. The van der Waals surface area contributed by atoms with Gasteiger partial charge in [-0.2, -0.15) is 0 Å². The van der Waals surface area contributed by atoms with Gasteiger partial charge < -0.3 is 5.11 Å². The molecule has 24 heavy (non-hydrogen) atoms. The molecule has 2 nitrogen and oxygen atoms in total. The molecule has 2 atom stereocenters. The van der Waals surface area contributed by atoms with Crippen molar-refractivity contribution in [3.05, 3.63) is 60.2 Å². The van der Waals surface area contributed by atoms with E-state index in [1.807, 2.05) is 12.1 Å². The topological polar surface area (TPSA) is 37.3 Å². The maximum absolute atomic E-state index is 12.4. The SMILES string of the molecule is O=S1C2CCC1CC(O)(c1cc3ccccc3c3ccccc13)C2. The van der Waals surface area contributed by atoms with E-state index in [9.17, 15) is 9.32 Å². The molecule has 0 radical (unpaired) electrons. The lowest BCUT2D eigenvalue weighted by atomic mass is 9.81. The van der Waals surface area contributed by atoms with E-state index in [1.165, 1.54) is 16.2 Å². The maximum Gasteiger partial charge on any atom is 0.0925 e. The maximum atomic E-state index is 12.4. The van der Waals surface area contributed by atoms with Crippen molar-refractivity contribution in [2.45, 2.75) is 41.8 Å². The Labute approximate surface area is 144 Å². The summed E-state index contributed by atoms with van der Waals surface area (Å²) >= 11 is 0. The molecule has 2 aliphatic heterocycles. The highest BCUT2D eigenvalue weighted by atomic mass is 32.2. The Balaban J connectivity index is 1.78. The van der Waals surface area contributed by atoms with Gasteiger partial charge in [0.25, 0.3) is 0 Å². The first kappa shape index (κ1) is 14.6. The molecule has 2 saturated heterocycles. The van der Waals surface area contributed by atoms with E-state index < -0.39 is 16.4 Å². The molecular formula is C21H20O2S. The Morgan fingerprint density at radius 1 is 0.875 bits per heavy atom. The van der Waals surface area contributed by atoms with Crippen molar-refractivity contribution in [1.29, 1.82) is 0 Å². The Bertz CT molecular complexity index is 962. The first-order chi connectivity index (χ1) is 11.7. The first-order valence-corrected chi connectivity index (χ1v) is 9.96. The van der Waals surface area contributed by atoms with Crippen molar-refractivity contribution in [2.75, 3.05) is 0 Å². The summed E-state index contributed by atoms with van der Waals surface area (Å²) in [6.07, 6.45) is 3.23. The van der Waals surface area contributed by atoms with Gasteiger partial charge in [0.15, 0.2) is 0 Å². The minimum absolute atomic E-state index is 0.152. The fourth-order valence-corrected chi connectivity index (χ4v) is 6.90. The summed E-state index contributed by atoms with van der Waals surface area (Å²) in [4.78, 5) is 0. The minimum atomic E-state index is -0.858. The van der Waals surface area contributed by atoms with E-state index in [0.717, 1.165) is 23.8 Å². The van der Waals surface area contributed by atoms with Gasteiger partial charge in [-0.3, -0.25) is 4.21 Å². The summed E-state index contributed by atoms with van der Waals surface area (Å²) in [5, 5.41) is 16.6. The summed E-state index contributed by atoms with van der Waals surface area (Å²) in [6.45, 7) is 0. The van der Waals surface area contributed by atoms with Gasteiger partial charge >= 0.3 is 0 Å². The van der Waals surface area contributed by atoms with Crippen LogP contribution in [0.5, 0.6) is 0 Å². The van der Waals surface area contributed by atoms with Crippen LogP contribution >= 0.6 is 0 Å². The summed E-state index contributed by atoms with van der Waals surface area (Å²) in [5.74, 6) is 0. The largest absolute Gasteiger partial charge is 0.385 e. The van der Waals surface area contributed by atoms with Crippen molar-refractivity contribution < 1.29 is 9.32 Å². The van der Waals surface area contributed by atoms with E-state index in [1.54, 1.807) is 0 Å². The standard InChI is InChI=1S/C21H20O2S/c22-21(12-15-9-10-16(13-21)24(15)23)20-11-14-5-1-2-6-17(14)18-7-3-4-8-19(18)20/h1-8,11,15-16,22H,9-10,12-13H2. The van der Waals surface area contributed by atoms with Crippen molar-refractivity contribution in [2.24, 2.45) is 0 Å². The van der Waals surface area contributed by atoms with E-state index in [4.69, 9.17) is 0 Å². The summed E-state index contributed by atoms with van der Waals surface area (Å²) in [6, 6.07) is 18.9. The molecule has 0 aliphatic carbocycles. The van der Waals surface area contributed by atoms with Crippen LogP contribution in [0.2, 0.25) is 0 Å². The lowest BCUT2D eigenvalue weighted by Crippen LogP contribution is -2.40. The van der Waals surface area contributed by atoms with Gasteiger partial charge in [-0.05, 0) is 58.9 Å². The van der Waals surface area contributed by atoms with Crippen LogP contribution < -0.4 is 0 Å². The molecule has 0 aromatic heterocycles. The molecule has 2 aliphatic rings. The first-order valence-electron chi connectivity index (χ1n) is 8.68. The second kappa shape index (κ2) is 5.14. The van der Waals surface area contributed by atoms with Crippen LogP contribution in [-0.2, 0) is 16.4 Å². The van der Waals surface area contributed by atoms with Crippen LogP contribution in [0.25, 0.3) is 21.5 Å². The molecule has 122 valence electrons. The monoisotopic (exact) mass is 336 g/mol. The van der Waals surface area contributed by atoms with Crippen molar-refractivity contribution in [3.63, 3.8) is 0 Å². The lowest BCUT2D eigenvalue weighted by molar-refractivity contribution is 0.0200. The van der Waals surface area contributed by atoms with Gasteiger partial charge in [0, 0.05) is 21.3 Å². The predicted octanol–water partition coefficient (Wildman–Crippen LogP) is 4.25. The molecule has 2 unspecified atom stereocenters. The number of fused-ring (bicyclic) bond motifs is 5. The third-order valence-corrected chi connectivity index (χ3v) is 7.99. The Morgan fingerprint density at radius 2 is 1.46 bits per heavy atom. The average Bonchev–Trinajstić information content (AvgIpc) is 2.83. The van der Waals surface area contributed by atoms with Crippen LogP contribution in [0.1, 0.15) is 31.2 Å². The molecule has 5 rings (SSSR count). The lowest BCUT2D eigenvalue weighted by Gasteiger charge is -2.37. The molecular weight excluding hydrogens is 316 g/mol. The number of aliphatic hydroxyl groups is 1. The van der Waals surface area contributed by atoms with Crippen LogP contribution in [-0.4, -0.2) is 19.8 Å². The van der Waals surface area contributed by atoms with E-state index in [2.05, 4.69) is 42.5 Å². The molecule has 2 fully saturated rings. The van der Waals surface area contributed by atoms with Crippen LogP contribution in [0.15, 0.2) is 54.6 Å². The zero-order chi connectivity index (χ0) is 16.3. The van der Waals surface area contributed by atoms with E-state index in [0.29, 0.717) is 12.8 Å². The molecule has 0 amide bonds. The fourth-order valence-electron chi connectivity index (χ4n) is 4.74. The number of hydrogen-bond donors (Lipinski definition) is 1. The Morgan fingerprint density at radius 3 is 2.17 bits per heavy atom. The Hall–Kier alpha value is -1.71. The van der Waals surface area contributed by atoms with Crippen LogP contribution in [0.4, 0.5) is 0 Å². The van der Waals surface area contributed by atoms with Gasteiger partial charge in [0.1, 0.15) is 0 Å². The molecule has 2 heterocycles. The van der Waals surface area contributed by atoms with Gasteiger partial charge in [0.05, 0.1) is 5.60 Å². The molecule has 1 N–H and O–H groups in total. The van der Waals surface area contributed by atoms with Crippen molar-refractivity contribution in [3.8, 4) is 0 Å². The molecule has 0 spiro atoms. The van der Waals surface area contributed by atoms with Gasteiger partial charge in [-0.15, -0.1) is 0 Å². The number of benzene rings is 3. The molecule has 3 aromatic carbocycles. The molecule has 3 heteroatoms. The zero-order valence-electron chi connectivity index (χ0n) is 13.4. The van der Waals surface area contributed by atoms with Gasteiger partial charge in [-0.25, -0.2) is 0 Å². The zero-order valence-corrected chi connectivity index (χ0v) is 14.3. The second-order valence-electron chi connectivity index (χ2n) is 7.28. The summed E-state index contributed by atoms with van der Waals surface area (Å²) in [7, 11) is -0.760.